The van der Waals surface area contributed by atoms with E-state index < -0.39 is 30.3 Å². The molecule has 0 unspecified atom stereocenters. The highest BCUT2D eigenvalue weighted by atomic mass is 16.3. The molecule has 1 aliphatic heterocycles. The van der Waals surface area contributed by atoms with Gasteiger partial charge in [0.25, 0.3) is 0 Å². The molecule has 4 saturated carbocycles. The van der Waals surface area contributed by atoms with Gasteiger partial charge in [-0.3, -0.25) is 14.4 Å². The molecular weight excluding hydrogens is 438 g/mol. The second-order valence-electron chi connectivity index (χ2n) is 11.5. The minimum Gasteiger partial charge on any atom is -0.395 e. The Labute approximate surface area is 200 Å². The number of aromatic nitrogens is 3. The molecule has 190 valence electrons. The highest BCUT2D eigenvalue weighted by Gasteiger charge is 2.51. The van der Waals surface area contributed by atoms with Crippen molar-refractivity contribution < 1.29 is 25.2 Å². The molecule has 5 aliphatic rings. The van der Waals surface area contributed by atoms with Gasteiger partial charge in [0.1, 0.15) is 6.10 Å². The minimum absolute atomic E-state index is 0.329. The van der Waals surface area contributed by atoms with Gasteiger partial charge in [-0.25, -0.2) is 0 Å². The quantitative estimate of drug-likeness (QED) is 0.331. The summed E-state index contributed by atoms with van der Waals surface area (Å²) in [5.74, 6) is 2.30. The maximum Gasteiger partial charge on any atom is 0.217 e. The third kappa shape index (κ3) is 4.51. The fourth-order valence-electron chi connectivity index (χ4n) is 8.10. The molecule has 4 bridgehead atoms. The predicted molar refractivity (Wildman–Crippen MR) is 122 cm³/mol. The number of piperidine rings is 1. The highest BCUT2D eigenvalue weighted by Crippen LogP contribution is 2.60. The lowest BCUT2D eigenvalue weighted by Gasteiger charge is -2.56. The summed E-state index contributed by atoms with van der Waals surface area (Å²) < 4.78 is 1.99. The molecule has 34 heavy (non-hydrogen) atoms. The molecule has 0 aromatic carbocycles. The molecular formula is C24H39N5O5. The standard InChI is InChI=1S/C24H39N5O5/c1-14(32)25-21-19(11-30)29(20(12-31)22(33)23(21)34)3-2-18-10-28(27-26-18)13-24-7-15-4-16(8-24)6-17(5-15)9-24/h10,15-17,19-23,30-31,33-34H,2-9,11-13H2,1H3,(H,25,32)/t15?,16?,17?,19-,20-,21+,22-,23-,24?/m1/s1. The van der Waals surface area contributed by atoms with Crippen molar-refractivity contribution in [1.82, 2.24) is 25.2 Å². The largest absolute Gasteiger partial charge is 0.395 e. The van der Waals surface area contributed by atoms with Crippen LogP contribution in [0.4, 0.5) is 0 Å². The summed E-state index contributed by atoms with van der Waals surface area (Å²) in [4.78, 5) is 13.4. The summed E-state index contributed by atoms with van der Waals surface area (Å²) >= 11 is 0. The van der Waals surface area contributed by atoms with Crippen LogP contribution in [0.2, 0.25) is 0 Å². The maximum absolute atomic E-state index is 11.7. The second kappa shape index (κ2) is 9.46. The summed E-state index contributed by atoms with van der Waals surface area (Å²) in [5, 5.41) is 52.5. The third-order valence-corrected chi connectivity index (χ3v) is 9.00. The van der Waals surface area contributed by atoms with E-state index in [9.17, 15) is 25.2 Å². The maximum atomic E-state index is 11.7. The van der Waals surface area contributed by atoms with E-state index in [-0.39, 0.29) is 19.1 Å². The molecule has 1 aromatic rings. The molecule has 2 heterocycles. The average molecular weight is 478 g/mol. The number of aliphatic hydroxyl groups excluding tert-OH is 4. The second-order valence-corrected chi connectivity index (χ2v) is 11.5. The summed E-state index contributed by atoms with van der Waals surface area (Å²) in [6, 6.07) is -2.23. The number of nitrogens with one attached hydrogen (secondary N) is 1. The fourth-order valence-corrected chi connectivity index (χ4v) is 8.10. The van der Waals surface area contributed by atoms with Gasteiger partial charge in [-0.1, -0.05) is 5.21 Å². The van der Waals surface area contributed by atoms with Crippen LogP contribution >= 0.6 is 0 Å². The molecule has 10 heteroatoms. The molecule has 5 fully saturated rings. The van der Waals surface area contributed by atoms with Crippen LogP contribution in [0.15, 0.2) is 6.20 Å². The zero-order valence-corrected chi connectivity index (χ0v) is 20.0. The molecule has 1 amide bonds. The van der Waals surface area contributed by atoms with E-state index in [1.165, 1.54) is 45.4 Å². The molecule has 6 rings (SSSR count). The van der Waals surface area contributed by atoms with Crippen LogP contribution < -0.4 is 5.32 Å². The number of hydrogen-bond acceptors (Lipinski definition) is 8. The van der Waals surface area contributed by atoms with E-state index in [0.717, 1.165) is 30.0 Å². The van der Waals surface area contributed by atoms with E-state index in [2.05, 4.69) is 15.6 Å². The SMILES string of the molecule is CC(=O)N[C@@H]1[C@@H](O)[C@H](O)[C@@H](CO)N(CCc2cn(CC34CC5CC(CC(C5)C3)C4)nn2)[C@@H]1CO. The lowest BCUT2D eigenvalue weighted by atomic mass is 9.49. The minimum atomic E-state index is -1.28. The molecule has 1 saturated heterocycles. The van der Waals surface area contributed by atoms with Gasteiger partial charge in [0.2, 0.25) is 5.91 Å². The van der Waals surface area contributed by atoms with Crippen molar-refractivity contribution in [2.24, 2.45) is 23.2 Å². The Bertz CT molecular complexity index is 842. The normalized spacial score (nSPS) is 41.7. The van der Waals surface area contributed by atoms with Gasteiger partial charge in [-0.05, 0) is 61.7 Å². The fraction of sp³-hybridized carbons (Fsp3) is 0.875. The van der Waals surface area contributed by atoms with E-state index >= 15 is 0 Å². The van der Waals surface area contributed by atoms with Crippen molar-refractivity contribution >= 4 is 5.91 Å². The summed E-state index contributed by atoms with van der Waals surface area (Å²) in [6.07, 6.45) is 8.15. The van der Waals surface area contributed by atoms with Crippen molar-refractivity contribution in [2.75, 3.05) is 19.8 Å². The third-order valence-electron chi connectivity index (χ3n) is 9.00. The van der Waals surface area contributed by atoms with Crippen molar-refractivity contribution in [1.29, 1.82) is 0 Å². The van der Waals surface area contributed by atoms with Crippen molar-refractivity contribution in [3.05, 3.63) is 11.9 Å². The van der Waals surface area contributed by atoms with Gasteiger partial charge in [0.15, 0.2) is 0 Å². The van der Waals surface area contributed by atoms with Gasteiger partial charge >= 0.3 is 0 Å². The molecule has 1 aromatic heterocycles. The van der Waals surface area contributed by atoms with Crippen LogP contribution in [0.25, 0.3) is 0 Å². The zero-order valence-electron chi connectivity index (χ0n) is 20.0. The molecule has 10 nitrogen and oxygen atoms in total. The van der Waals surface area contributed by atoms with Crippen LogP contribution in [0.5, 0.6) is 0 Å². The summed E-state index contributed by atoms with van der Waals surface area (Å²) in [6.45, 7) is 1.94. The van der Waals surface area contributed by atoms with Gasteiger partial charge in [0.05, 0.1) is 43.1 Å². The molecule has 5 N–H and O–H groups in total. The summed E-state index contributed by atoms with van der Waals surface area (Å²) in [7, 11) is 0. The smallest absolute Gasteiger partial charge is 0.217 e. The number of carbonyl (C=O) groups excluding carboxylic acids is 1. The number of amides is 1. The first-order chi connectivity index (χ1) is 16.3. The van der Waals surface area contributed by atoms with Gasteiger partial charge in [-0.2, -0.15) is 0 Å². The molecule has 4 aliphatic carbocycles. The average Bonchev–Trinajstić information content (AvgIpc) is 3.21. The van der Waals surface area contributed by atoms with E-state index in [0.29, 0.717) is 18.4 Å². The molecule has 0 radical (unpaired) electrons. The lowest BCUT2D eigenvalue weighted by molar-refractivity contribution is -0.144. The molecule has 0 spiro atoms. The first-order valence-corrected chi connectivity index (χ1v) is 12.8. The number of nitrogens with zero attached hydrogens (tertiary/aromatic N) is 4. The van der Waals surface area contributed by atoms with Crippen molar-refractivity contribution in [3.63, 3.8) is 0 Å². The number of aliphatic hydroxyl groups is 4. The van der Waals surface area contributed by atoms with Crippen LogP contribution in [-0.2, 0) is 17.8 Å². The van der Waals surface area contributed by atoms with E-state index in [4.69, 9.17) is 0 Å². The van der Waals surface area contributed by atoms with Gasteiger partial charge < -0.3 is 25.7 Å². The Hall–Kier alpha value is -1.59. The number of hydrogen-bond donors (Lipinski definition) is 5. The number of carbonyl (C=O) groups is 1. The van der Waals surface area contributed by atoms with Gasteiger partial charge in [-0.15, -0.1) is 5.10 Å². The first kappa shape index (κ1) is 24.1. The molecule has 5 atom stereocenters. The summed E-state index contributed by atoms with van der Waals surface area (Å²) in [5.41, 5.74) is 1.18. The van der Waals surface area contributed by atoms with Crippen molar-refractivity contribution in [3.8, 4) is 0 Å². The van der Waals surface area contributed by atoms with Crippen LogP contribution in [0.3, 0.4) is 0 Å². The van der Waals surface area contributed by atoms with E-state index in [1.54, 1.807) is 4.90 Å². The lowest BCUT2D eigenvalue weighted by Crippen LogP contribution is -2.72. The van der Waals surface area contributed by atoms with Crippen LogP contribution in [0, 0.1) is 23.2 Å². The van der Waals surface area contributed by atoms with Crippen LogP contribution in [0.1, 0.15) is 51.1 Å². The Morgan fingerprint density at radius 2 is 1.68 bits per heavy atom. The Morgan fingerprint density at radius 1 is 1.06 bits per heavy atom. The number of likely N-dealkylation sites (tertiary alicyclic amines) is 1. The van der Waals surface area contributed by atoms with E-state index in [1.807, 2.05) is 10.9 Å². The Morgan fingerprint density at radius 3 is 2.24 bits per heavy atom. The van der Waals surface area contributed by atoms with Crippen molar-refractivity contribution in [2.45, 2.75) is 88.7 Å². The topological polar surface area (TPSA) is 144 Å². The Kier molecular flexibility index (Phi) is 6.71. The zero-order chi connectivity index (χ0) is 24.0. The highest BCUT2D eigenvalue weighted by molar-refractivity contribution is 5.73. The predicted octanol–water partition coefficient (Wildman–Crippen LogP) is -0.699. The van der Waals surface area contributed by atoms with Gasteiger partial charge in [0, 0.05) is 32.6 Å². The van der Waals surface area contributed by atoms with Crippen LogP contribution in [-0.4, -0.2) is 96.3 Å². The Balaban J connectivity index is 1.25. The first-order valence-electron chi connectivity index (χ1n) is 12.8. The number of rotatable bonds is 8. The monoisotopic (exact) mass is 477 g/mol.